The van der Waals surface area contributed by atoms with Crippen molar-refractivity contribution in [2.75, 3.05) is 6.54 Å². The summed E-state index contributed by atoms with van der Waals surface area (Å²) >= 11 is 0. The van der Waals surface area contributed by atoms with Crippen LogP contribution in [0.1, 0.15) is 32.6 Å². The predicted molar refractivity (Wildman–Crippen MR) is 40.2 cm³/mol. The van der Waals surface area contributed by atoms with Gasteiger partial charge in [-0.3, -0.25) is 0 Å². The van der Waals surface area contributed by atoms with Crippen LogP contribution in [0.25, 0.3) is 0 Å². The predicted octanol–water partition coefficient (Wildman–Crippen LogP) is 1.77. The number of nitrogens with two attached hydrogens (primary N) is 1. The highest BCUT2D eigenvalue weighted by atomic mass is 14.5. The average Bonchev–Trinajstić information content (AvgIpc) is 2.37. The van der Waals surface area contributed by atoms with E-state index in [4.69, 9.17) is 5.73 Å². The van der Waals surface area contributed by atoms with Crippen molar-refractivity contribution in [2.45, 2.75) is 32.6 Å². The highest BCUT2D eigenvalue weighted by Gasteiger charge is 2.19. The molecule has 0 bridgehead atoms. The van der Waals surface area contributed by atoms with Gasteiger partial charge in [0.25, 0.3) is 0 Å². The van der Waals surface area contributed by atoms with Gasteiger partial charge in [0.2, 0.25) is 0 Å². The maximum atomic E-state index is 5.55. The Morgan fingerprint density at radius 1 is 1.44 bits per heavy atom. The van der Waals surface area contributed by atoms with Gasteiger partial charge in [0, 0.05) is 0 Å². The van der Waals surface area contributed by atoms with Crippen LogP contribution < -0.4 is 5.73 Å². The molecule has 0 aromatic rings. The van der Waals surface area contributed by atoms with E-state index in [9.17, 15) is 0 Å². The highest BCUT2D eigenvalue weighted by molar-refractivity contribution is 4.72. The van der Waals surface area contributed by atoms with E-state index < -0.39 is 0 Å². The molecule has 1 aliphatic carbocycles. The lowest BCUT2D eigenvalue weighted by molar-refractivity contribution is 0.375. The molecule has 0 heterocycles. The van der Waals surface area contributed by atoms with Crippen molar-refractivity contribution in [3.8, 4) is 0 Å². The third-order valence-corrected chi connectivity index (χ3v) is 2.58. The number of hydrogen-bond donors (Lipinski definition) is 1. The van der Waals surface area contributed by atoms with Crippen LogP contribution in [-0.2, 0) is 0 Å². The van der Waals surface area contributed by atoms with Gasteiger partial charge in [0.1, 0.15) is 0 Å². The Kier molecular flexibility index (Phi) is 2.52. The Bertz CT molecular complexity index is 74.6. The van der Waals surface area contributed by atoms with Crippen LogP contribution in [-0.4, -0.2) is 6.54 Å². The molecule has 1 heteroatoms. The van der Waals surface area contributed by atoms with Gasteiger partial charge in [-0.1, -0.05) is 32.6 Å². The van der Waals surface area contributed by atoms with E-state index in [1.807, 2.05) is 0 Å². The standard InChI is InChI=1S/C8H17N/c1-7(6-9)8-4-2-3-5-8/h7-8H,2-6,9H2,1H3/t7-/m0/s1. The van der Waals surface area contributed by atoms with Gasteiger partial charge in [-0.15, -0.1) is 0 Å². The zero-order valence-corrected chi connectivity index (χ0v) is 6.27. The Labute approximate surface area is 57.6 Å². The van der Waals surface area contributed by atoms with Crippen molar-refractivity contribution in [3.63, 3.8) is 0 Å². The van der Waals surface area contributed by atoms with Crippen LogP contribution in [0.2, 0.25) is 0 Å². The van der Waals surface area contributed by atoms with Crippen LogP contribution in [0.3, 0.4) is 0 Å². The highest BCUT2D eigenvalue weighted by Crippen LogP contribution is 2.30. The monoisotopic (exact) mass is 127 g/mol. The van der Waals surface area contributed by atoms with Crippen molar-refractivity contribution in [3.05, 3.63) is 0 Å². The van der Waals surface area contributed by atoms with E-state index in [2.05, 4.69) is 6.92 Å². The number of hydrogen-bond acceptors (Lipinski definition) is 1. The van der Waals surface area contributed by atoms with E-state index in [-0.39, 0.29) is 0 Å². The summed E-state index contributed by atoms with van der Waals surface area (Å²) in [6.45, 7) is 3.15. The summed E-state index contributed by atoms with van der Waals surface area (Å²) in [5, 5.41) is 0. The molecule has 0 saturated heterocycles. The summed E-state index contributed by atoms with van der Waals surface area (Å²) in [6, 6.07) is 0. The van der Waals surface area contributed by atoms with E-state index in [1.54, 1.807) is 0 Å². The first kappa shape index (κ1) is 7.07. The second kappa shape index (κ2) is 3.21. The second-order valence-electron chi connectivity index (χ2n) is 3.26. The summed E-state index contributed by atoms with van der Waals surface area (Å²) in [5.41, 5.74) is 5.55. The molecule has 1 nitrogen and oxygen atoms in total. The molecule has 1 aliphatic rings. The van der Waals surface area contributed by atoms with Gasteiger partial charge in [-0.25, -0.2) is 0 Å². The molecule has 1 atom stereocenters. The zero-order chi connectivity index (χ0) is 6.69. The van der Waals surface area contributed by atoms with Crippen LogP contribution in [0.15, 0.2) is 0 Å². The Balaban J connectivity index is 2.24. The molecule has 0 radical (unpaired) electrons. The normalized spacial score (nSPS) is 24.7. The molecule has 2 N–H and O–H groups in total. The first-order valence-electron chi connectivity index (χ1n) is 4.04. The van der Waals surface area contributed by atoms with Gasteiger partial charge in [-0.2, -0.15) is 0 Å². The fourth-order valence-electron chi connectivity index (χ4n) is 1.72. The first-order chi connectivity index (χ1) is 4.34. The molecular weight excluding hydrogens is 110 g/mol. The van der Waals surface area contributed by atoms with Gasteiger partial charge in [0.05, 0.1) is 0 Å². The zero-order valence-electron chi connectivity index (χ0n) is 6.27. The Morgan fingerprint density at radius 2 is 2.00 bits per heavy atom. The van der Waals surface area contributed by atoms with Crippen LogP contribution >= 0.6 is 0 Å². The lowest BCUT2D eigenvalue weighted by atomic mass is 9.93. The summed E-state index contributed by atoms with van der Waals surface area (Å²) in [6.07, 6.45) is 5.74. The van der Waals surface area contributed by atoms with Crippen LogP contribution in [0.5, 0.6) is 0 Å². The Hall–Kier alpha value is -0.0400. The maximum Gasteiger partial charge on any atom is -0.00489 e. The first-order valence-corrected chi connectivity index (χ1v) is 4.04. The van der Waals surface area contributed by atoms with E-state index in [0.717, 1.165) is 18.4 Å². The molecule has 0 aromatic heterocycles. The average molecular weight is 127 g/mol. The van der Waals surface area contributed by atoms with Crippen LogP contribution in [0.4, 0.5) is 0 Å². The molecule has 54 valence electrons. The van der Waals surface area contributed by atoms with Crippen molar-refractivity contribution in [1.82, 2.24) is 0 Å². The van der Waals surface area contributed by atoms with Crippen molar-refractivity contribution >= 4 is 0 Å². The maximum absolute atomic E-state index is 5.55. The van der Waals surface area contributed by atoms with Crippen LogP contribution in [0, 0.1) is 11.8 Å². The topological polar surface area (TPSA) is 26.0 Å². The molecule has 0 amide bonds. The molecule has 1 fully saturated rings. The lowest BCUT2D eigenvalue weighted by Crippen LogP contribution is -2.18. The Morgan fingerprint density at radius 3 is 2.44 bits per heavy atom. The minimum atomic E-state index is 0.771. The van der Waals surface area contributed by atoms with Crippen molar-refractivity contribution < 1.29 is 0 Å². The smallest absolute Gasteiger partial charge is 0.00489 e. The molecule has 1 rings (SSSR count). The van der Waals surface area contributed by atoms with E-state index in [1.165, 1.54) is 25.7 Å². The summed E-state index contributed by atoms with van der Waals surface area (Å²) < 4.78 is 0. The van der Waals surface area contributed by atoms with Crippen molar-refractivity contribution in [2.24, 2.45) is 17.6 Å². The summed E-state index contributed by atoms with van der Waals surface area (Å²) in [4.78, 5) is 0. The summed E-state index contributed by atoms with van der Waals surface area (Å²) in [5.74, 6) is 1.72. The SMILES string of the molecule is C[C@@H](CN)C1CCCC1. The third-order valence-electron chi connectivity index (χ3n) is 2.58. The molecule has 9 heavy (non-hydrogen) atoms. The van der Waals surface area contributed by atoms with E-state index >= 15 is 0 Å². The van der Waals surface area contributed by atoms with Gasteiger partial charge in [0.15, 0.2) is 0 Å². The molecule has 0 aliphatic heterocycles. The fourth-order valence-corrected chi connectivity index (χ4v) is 1.72. The fraction of sp³-hybridized carbons (Fsp3) is 1.00. The minimum absolute atomic E-state index is 0.771. The molecule has 0 aromatic carbocycles. The summed E-state index contributed by atoms with van der Waals surface area (Å²) in [7, 11) is 0. The van der Waals surface area contributed by atoms with Crippen molar-refractivity contribution in [1.29, 1.82) is 0 Å². The number of rotatable bonds is 2. The molecule has 0 spiro atoms. The lowest BCUT2D eigenvalue weighted by Gasteiger charge is -2.15. The molecular formula is C8H17N. The van der Waals surface area contributed by atoms with Gasteiger partial charge < -0.3 is 5.73 Å². The van der Waals surface area contributed by atoms with E-state index in [0.29, 0.717) is 0 Å². The molecule has 0 unspecified atom stereocenters. The third kappa shape index (κ3) is 1.68. The second-order valence-corrected chi connectivity index (χ2v) is 3.26. The van der Waals surface area contributed by atoms with Gasteiger partial charge >= 0.3 is 0 Å². The molecule has 1 saturated carbocycles. The largest absolute Gasteiger partial charge is 0.330 e. The van der Waals surface area contributed by atoms with Gasteiger partial charge in [-0.05, 0) is 18.4 Å². The quantitative estimate of drug-likeness (QED) is 0.601. The minimum Gasteiger partial charge on any atom is -0.330 e.